The molecule has 3 heterocycles. The van der Waals surface area contributed by atoms with Crippen LogP contribution in [0.5, 0.6) is 0 Å². The lowest BCUT2D eigenvalue weighted by molar-refractivity contribution is -0.165. The van der Waals surface area contributed by atoms with Gasteiger partial charge in [0.15, 0.2) is 0 Å². The van der Waals surface area contributed by atoms with Crippen molar-refractivity contribution in [3.63, 3.8) is 0 Å². The molecule has 1 N–H and O–H groups in total. The van der Waals surface area contributed by atoms with E-state index in [1.165, 1.54) is 5.01 Å². The molecule has 2 amide bonds. The van der Waals surface area contributed by atoms with Gasteiger partial charge in [0.1, 0.15) is 0 Å². The first-order chi connectivity index (χ1) is 7.79. The van der Waals surface area contributed by atoms with Crippen LogP contribution in [0.2, 0.25) is 0 Å². The highest BCUT2D eigenvalue weighted by Gasteiger charge is 2.52. The molecular formula is C10H15N3O3. The number of nitrogens with one attached hydrogen (secondary N) is 1. The third kappa shape index (κ3) is 1.37. The molecule has 0 spiro atoms. The van der Waals surface area contributed by atoms with Crippen molar-refractivity contribution in [2.45, 2.75) is 0 Å². The Bertz CT molecular complexity index is 305. The monoisotopic (exact) mass is 225 g/mol. The minimum absolute atomic E-state index is 0.0399. The first-order valence-corrected chi connectivity index (χ1v) is 5.70. The van der Waals surface area contributed by atoms with Gasteiger partial charge in [-0.25, -0.2) is 10.0 Å². The summed E-state index contributed by atoms with van der Waals surface area (Å²) in [5.74, 6) is -0.366. The van der Waals surface area contributed by atoms with Gasteiger partial charge in [0.05, 0.1) is 25.0 Å². The van der Waals surface area contributed by atoms with E-state index in [1.54, 1.807) is 0 Å². The fourth-order valence-electron chi connectivity index (χ4n) is 2.65. The Morgan fingerprint density at radius 3 is 2.19 bits per heavy atom. The van der Waals surface area contributed by atoms with Gasteiger partial charge in [-0.15, -0.1) is 0 Å². The standard InChI is InChI=1S/C10H15N3O3/c14-9-7-5-11-6-8(7)10(15)13(9)12-1-3-16-4-2-12/h7-8,11H,1-6H2/t7-,8+. The minimum Gasteiger partial charge on any atom is -0.379 e. The largest absolute Gasteiger partial charge is 0.379 e. The molecule has 2 atom stereocenters. The molecule has 3 aliphatic heterocycles. The van der Waals surface area contributed by atoms with Crippen molar-refractivity contribution in [1.82, 2.24) is 15.3 Å². The number of morpholine rings is 1. The Hall–Kier alpha value is -0.980. The van der Waals surface area contributed by atoms with Gasteiger partial charge in [0, 0.05) is 26.2 Å². The quantitative estimate of drug-likeness (QED) is 0.547. The smallest absolute Gasteiger partial charge is 0.249 e. The molecule has 0 aliphatic carbocycles. The summed E-state index contributed by atoms with van der Waals surface area (Å²) in [7, 11) is 0. The molecule has 0 saturated carbocycles. The van der Waals surface area contributed by atoms with Crippen molar-refractivity contribution in [1.29, 1.82) is 0 Å². The molecule has 6 heteroatoms. The number of ether oxygens (including phenoxy) is 1. The second kappa shape index (κ2) is 3.80. The summed E-state index contributed by atoms with van der Waals surface area (Å²) in [6.45, 7) is 3.70. The maximum absolute atomic E-state index is 12.1. The van der Waals surface area contributed by atoms with E-state index in [1.807, 2.05) is 5.01 Å². The van der Waals surface area contributed by atoms with Crippen LogP contribution in [-0.2, 0) is 14.3 Å². The van der Waals surface area contributed by atoms with Crippen LogP contribution < -0.4 is 5.32 Å². The Morgan fingerprint density at radius 2 is 1.62 bits per heavy atom. The van der Waals surface area contributed by atoms with Gasteiger partial charge in [-0.1, -0.05) is 0 Å². The summed E-state index contributed by atoms with van der Waals surface area (Å²) < 4.78 is 5.22. The van der Waals surface area contributed by atoms with E-state index < -0.39 is 0 Å². The summed E-state index contributed by atoms with van der Waals surface area (Å²) in [4.78, 5) is 24.2. The number of hydrogen-bond donors (Lipinski definition) is 1. The van der Waals surface area contributed by atoms with Crippen LogP contribution in [0, 0.1) is 11.8 Å². The number of nitrogens with zero attached hydrogens (tertiary/aromatic N) is 2. The molecule has 16 heavy (non-hydrogen) atoms. The number of hydrazine groups is 1. The van der Waals surface area contributed by atoms with Gasteiger partial charge in [-0.3, -0.25) is 9.59 Å². The lowest BCUT2D eigenvalue weighted by atomic mass is 10.00. The number of rotatable bonds is 1. The van der Waals surface area contributed by atoms with E-state index in [-0.39, 0.29) is 23.7 Å². The molecule has 0 aromatic rings. The molecule has 0 aromatic carbocycles. The maximum atomic E-state index is 12.1. The predicted molar refractivity (Wildman–Crippen MR) is 54.1 cm³/mol. The molecule has 0 bridgehead atoms. The maximum Gasteiger partial charge on any atom is 0.249 e. The van der Waals surface area contributed by atoms with E-state index in [9.17, 15) is 9.59 Å². The highest BCUT2D eigenvalue weighted by Crippen LogP contribution is 2.30. The highest BCUT2D eigenvalue weighted by atomic mass is 16.5. The van der Waals surface area contributed by atoms with Crippen molar-refractivity contribution >= 4 is 11.8 Å². The lowest BCUT2D eigenvalue weighted by Crippen LogP contribution is -2.52. The lowest BCUT2D eigenvalue weighted by Gasteiger charge is -2.33. The van der Waals surface area contributed by atoms with Crippen molar-refractivity contribution in [2.24, 2.45) is 11.8 Å². The van der Waals surface area contributed by atoms with Crippen molar-refractivity contribution in [3.05, 3.63) is 0 Å². The molecule has 0 aromatic heterocycles. The molecule has 0 unspecified atom stereocenters. The van der Waals surface area contributed by atoms with Gasteiger partial charge in [0.25, 0.3) is 0 Å². The van der Waals surface area contributed by atoms with Crippen molar-refractivity contribution in [2.75, 3.05) is 39.4 Å². The van der Waals surface area contributed by atoms with Crippen LogP contribution in [0.15, 0.2) is 0 Å². The van der Waals surface area contributed by atoms with Crippen molar-refractivity contribution in [3.8, 4) is 0 Å². The summed E-state index contributed by atoms with van der Waals surface area (Å²) in [5, 5.41) is 6.28. The number of amides is 2. The number of imide groups is 1. The molecule has 0 radical (unpaired) electrons. The molecular weight excluding hydrogens is 210 g/mol. The Balaban J connectivity index is 1.80. The highest BCUT2D eigenvalue weighted by molar-refractivity contribution is 6.05. The summed E-state index contributed by atoms with van der Waals surface area (Å²) in [5.41, 5.74) is 0. The number of hydrogen-bond acceptors (Lipinski definition) is 5. The first kappa shape index (κ1) is 10.2. The van der Waals surface area contributed by atoms with Crippen LogP contribution in [0.25, 0.3) is 0 Å². The Morgan fingerprint density at radius 1 is 1.06 bits per heavy atom. The summed E-state index contributed by atoms with van der Waals surface area (Å²) >= 11 is 0. The molecule has 3 saturated heterocycles. The minimum atomic E-state index is -0.143. The number of carbonyl (C=O) groups is 2. The molecule has 6 nitrogen and oxygen atoms in total. The second-order valence-electron chi connectivity index (χ2n) is 4.43. The first-order valence-electron chi connectivity index (χ1n) is 5.70. The van der Waals surface area contributed by atoms with E-state index >= 15 is 0 Å². The molecule has 3 fully saturated rings. The summed E-state index contributed by atoms with van der Waals surface area (Å²) in [6.07, 6.45) is 0. The van der Waals surface area contributed by atoms with Gasteiger partial charge in [-0.05, 0) is 0 Å². The van der Waals surface area contributed by atoms with E-state index in [0.29, 0.717) is 39.4 Å². The normalized spacial score (nSPS) is 35.9. The van der Waals surface area contributed by atoms with Gasteiger partial charge in [0.2, 0.25) is 11.8 Å². The summed E-state index contributed by atoms with van der Waals surface area (Å²) in [6, 6.07) is 0. The zero-order valence-electron chi connectivity index (χ0n) is 9.02. The predicted octanol–water partition coefficient (Wildman–Crippen LogP) is -1.56. The van der Waals surface area contributed by atoms with Crippen LogP contribution >= 0.6 is 0 Å². The third-order valence-electron chi connectivity index (χ3n) is 3.54. The fourth-order valence-corrected chi connectivity index (χ4v) is 2.65. The van der Waals surface area contributed by atoms with Gasteiger partial charge in [-0.2, -0.15) is 0 Å². The van der Waals surface area contributed by atoms with E-state index in [0.717, 1.165) is 0 Å². The van der Waals surface area contributed by atoms with Crippen LogP contribution in [0.1, 0.15) is 0 Å². The molecule has 3 aliphatic rings. The Labute approximate surface area is 93.5 Å². The average molecular weight is 225 g/mol. The Kier molecular flexibility index (Phi) is 2.42. The average Bonchev–Trinajstić information content (AvgIpc) is 2.86. The van der Waals surface area contributed by atoms with Crippen LogP contribution in [0.3, 0.4) is 0 Å². The van der Waals surface area contributed by atoms with Crippen molar-refractivity contribution < 1.29 is 14.3 Å². The molecule has 3 rings (SSSR count). The zero-order valence-corrected chi connectivity index (χ0v) is 9.02. The van der Waals surface area contributed by atoms with E-state index in [4.69, 9.17) is 4.74 Å². The third-order valence-corrected chi connectivity index (χ3v) is 3.54. The van der Waals surface area contributed by atoms with Gasteiger partial charge < -0.3 is 10.1 Å². The topological polar surface area (TPSA) is 61.9 Å². The zero-order chi connectivity index (χ0) is 11.1. The van der Waals surface area contributed by atoms with Crippen LogP contribution in [0.4, 0.5) is 0 Å². The van der Waals surface area contributed by atoms with Gasteiger partial charge >= 0.3 is 0 Å². The SMILES string of the molecule is O=C1[C@H]2CNC[C@H]2C(=O)N1N1CCOCC1. The second-order valence-corrected chi connectivity index (χ2v) is 4.43. The number of fused-ring (bicyclic) bond motifs is 1. The fraction of sp³-hybridized carbons (Fsp3) is 0.800. The van der Waals surface area contributed by atoms with Crippen LogP contribution in [-0.4, -0.2) is 61.2 Å². The van der Waals surface area contributed by atoms with E-state index in [2.05, 4.69) is 5.32 Å². The number of carbonyl (C=O) groups excluding carboxylic acids is 2. The molecule has 88 valence electrons.